The number of rotatable bonds is 1. The van der Waals surface area contributed by atoms with Crippen molar-refractivity contribution in [2.24, 2.45) is 10.7 Å². The van der Waals surface area contributed by atoms with Gasteiger partial charge in [0.1, 0.15) is 0 Å². The Morgan fingerprint density at radius 3 is 2.64 bits per heavy atom. The smallest absolute Gasteiger partial charge is 0.258 e. The van der Waals surface area contributed by atoms with Gasteiger partial charge in [-0.1, -0.05) is 0 Å². The molecular formula is C5H10ClF2N3. The van der Waals surface area contributed by atoms with Gasteiger partial charge in [-0.15, -0.1) is 12.4 Å². The highest BCUT2D eigenvalue weighted by molar-refractivity contribution is 5.85. The number of aliphatic imine (C=N–C) groups is 1. The summed E-state index contributed by atoms with van der Waals surface area (Å²) in [5, 5.41) is 2.39. The zero-order valence-corrected chi connectivity index (χ0v) is 6.57. The lowest BCUT2D eigenvalue weighted by atomic mass is 10.2. The van der Waals surface area contributed by atoms with Gasteiger partial charge in [-0.05, 0) is 6.42 Å². The molecule has 0 aromatic carbocycles. The standard InChI is InChI=1S/C5H9F2N3.ClH/c6-4(7)3-1-2-9-5(8)10-3;/h3-4H,1-2H2,(H3,8,9,10);1H. The minimum Gasteiger partial charge on any atom is -0.370 e. The number of halogens is 3. The highest BCUT2D eigenvalue weighted by Gasteiger charge is 2.22. The Bertz CT molecular complexity index is 151. The third-order valence-corrected chi connectivity index (χ3v) is 1.36. The Labute approximate surface area is 69.5 Å². The van der Waals surface area contributed by atoms with Crippen molar-refractivity contribution in [3.05, 3.63) is 0 Å². The molecular weight excluding hydrogens is 176 g/mol. The minimum atomic E-state index is -2.35. The Kier molecular flexibility index (Phi) is 4.10. The number of nitrogens with one attached hydrogen (secondary N) is 1. The molecule has 0 amide bonds. The highest BCUT2D eigenvalue weighted by Crippen LogP contribution is 2.07. The van der Waals surface area contributed by atoms with Gasteiger partial charge in [0.05, 0.1) is 6.04 Å². The second-order valence-electron chi connectivity index (χ2n) is 2.14. The number of guanidine groups is 1. The van der Waals surface area contributed by atoms with Crippen molar-refractivity contribution < 1.29 is 8.78 Å². The molecule has 1 atom stereocenters. The molecule has 1 heterocycles. The number of nitrogens with zero attached hydrogens (tertiary/aromatic N) is 1. The molecule has 3 N–H and O–H groups in total. The van der Waals surface area contributed by atoms with E-state index < -0.39 is 12.5 Å². The van der Waals surface area contributed by atoms with Gasteiger partial charge in [-0.25, -0.2) is 8.78 Å². The van der Waals surface area contributed by atoms with Crippen molar-refractivity contribution in [3.8, 4) is 0 Å². The van der Waals surface area contributed by atoms with Crippen molar-refractivity contribution in [2.45, 2.75) is 18.9 Å². The number of alkyl halides is 2. The Morgan fingerprint density at radius 1 is 1.64 bits per heavy atom. The monoisotopic (exact) mass is 185 g/mol. The van der Waals surface area contributed by atoms with E-state index in [-0.39, 0.29) is 18.4 Å². The number of nitrogens with two attached hydrogens (primary N) is 1. The van der Waals surface area contributed by atoms with Crippen LogP contribution in [0.1, 0.15) is 6.42 Å². The molecule has 1 rings (SSSR count). The van der Waals surface area contributed by atoms with E-state index in [1.807, 2.05) is 0 Å². The van der Waals surface area contributed by atoms with Crippen LogP contribution in [0.5, 0.6) is 0 Å². The molecule has 0 bridgehead atoms. The average molecular weight is 186 g/mol. The quantitative estimate of drug-likeness (QED) is 0.620. The Balaban J connectivity index is 0.000001000. The van der Waals surface area contributed by atoms with Gasteiger partial charge < -0.3 is 11.1 Å². The topological polar surface area (TPSA) is 50.4 Å². The van der Waals surface area contributed by atoms with Gasteiger partial charge in [0.15, 0.2) is 5.96 Å². The molecule has 6 heteroatoms. The fraction of sp³-hybridized carbons (Fsp3) is 0.800. The van der Waals surface area contributed by atoms with Crippen LogP contribution in [-0.2, 0) is 0 Å². The van der Waals surface area contributed by atoms with Gasteiger partial charge in [0.25, 0.3) is 6.43 Å². The van der Waals surface area contributed by atoms with Crippen LogP contribution in [0.2, 0.25) is 0 Å². The van der Waals surface area contributed by atoms with Gasteiger partial charge in [-0.3, -0.25) is 4.99 Å². The summed E-state index contributed by atoms with van der Waals surface area (Å²) in [5.41, 5.74) is 5.17. The molecule has 1 aliphatic rings. The van der Waals surface area contributed by atoms with E-state index >= 15 is 0 Å². The minimum absolute atomic E-state index is 0. The molecule has 0 aromatic rings. The lowest BCUT2D eigenvalue weighted by Crippen LogP contribution is -2.47. The SMILES string of the molecule is Cl.NC1=NCCC(C(F)F)N1. The fourth-order valence-corrected chi connectivity index (χ4v) is 0.821. The molecule has 1 aliphatic heterocycles. The molecule has 0 saturated heterocycles. The second-order valence-corrected chi connectivity index (χ2v) is 2.14. The van der Waals surface area contributed by atoms with Crippen LogP contribution in [0, 0.1) is 0 Å². The molecule has 0 spiro atoms. The fourth-order valence-electron chi connectivity index (χ4n) is 0.821. The summed E-state index contributed by atoms with van der Waals surface area (Å²) in [6.07, 6.45) is -1.99. The highest BCUT2D eigenvalue weighted by atomic mass is 35.5. The van der Waals surface area contributed by atoms with Crippen LogP contribution in [-0.4, -0.2) is 25.0 Å². The zero-order valence-electron chi connectivity index (χ0n) is 5.76. The third kappa shape index (κ3) is 2.88. The first-order valence-corrected chi connectivity index (χ1v) is 3.05. The Morgan fingerprint density at radius 2 is 2.27 bits per heavy atom. The maximum atomic E-state index is 11.9. The van der Waals surface area contributed by atoms with Gasteiger partial charge in [-0.2, -0.15) is 0 Å². The molecule has 0 saturated carbocycles. The maximum Gasteiger partial charge on any atom is 0.258 e. The predicted octanol–water partition coefficient (Wildman–Crippen LogP) is 0.350. The summed E-state index contributed by atoms with van der Waals surface area (Å²) in [5.74, 6) is 0.122. The summed E-state index contributed by atoms with van der Waals surface area (Å²) < 4.78 is 23.8. The molecule has 0 aromatic heterocycles. The zero-order chi connectivity index (χ0) is 7.56. The summed E-state index contributed by atoms with van der Waals surface area (Å²) in [6, 6.07) is -0.808. The summed E-state index contributed by atoms with van der Waals surface area (Å²) >= 11 is 0. The molecule has 0 aliphatic carbocycles. The lowest BCUT2D eigenvalue weighted by molar-refractivity contribution is 0.102. The van der Waals surface area contributed by atoms with Crippen molar-refractivity contribution in [1.82, 2.24) is 5.32 Å². The van der Waals surface area contributed by atoms with Gasteiger partial charge >= 0.3 is 0 Å². The van der Waals surface area contributed by atoms with Gasteiger partial charge in [0, 0.05) is 6.54 Å². The Hall–Kier alpha value is -0.580. The molecule has 1 unspecified atom stereocenters. The maximum absolute atomic E-state index is 11.9. The van der Waals surface area contributed by atoms with E-state index in [4.69, 9.17) is 5.73 Å². The second kappa shape index (κ2) is 4.33. The van der Waals surface area contributed by atoms with E-state index in [0.717, 1.165) is 0 Å². The van der Waals surface area contributed by atoms with E-state index in [2.05, 4.69) is 10.3 Å². The van der Waals surface area contributed by atoms with E-state index in [0.29, 0.717) is 13.0 Å². The largest absolute Gasteiger partial charge is 0.370 e. The van der Waals surface area contributed by atoms with Crippen LogP contribution in [0.15, 0.2) is 4.99 Å². The molecule has 0 fully saturated rings. The van der Waals surface area contributed by atoms with Crippen molar-refractivity contribution in [2.75, 3.05) is 6.54 Å². The van der Waals surface area contributed by atoms with E-state index in [9.17, 15) is 8.78 Å². The van der Waals surface area contributed by atoms with Crippen molar-refractivity contribution in [1.29, 1.82) is 0 Å². The third-order valence-electron chi connectivity index (χ3n) is 1.36. The summed E-state index contributed by atoms with van der Waals surface area (Å²) in [7, 11) is 0. The van der Waals surface area contributed by atoms with Crippen LogP contribution in [0.4, 0.5) is 8.78 Å². The van der Waals surface area contributed by atoms with Crippen LogP contribution < -0.4 is 11.1 Å². The molecule has 0 radical (unpaired) electrons. The van der Waals surface area contributed by atoms with Crippen molar-refractivity contribution >= 4 is 18.4 Å². The molecule has 11 heavy (non-hydrogen) atoms. The normalized spacial score (nSPS) is 23.5. The van der Waals surface area contributed by atoms with E-state index in [1.54, 1.807) is 0 Å². The molecule has 66 valence electrons. The first-order chi connectivity index (χ1) is 4.70. The molecule has 3 nitrogen and oxygen atoms in total. The average Bonchev–Trinajstić information content (AvgIpc) is 1.88. The summed E-state index contributed by atoms with van der Waals surface area (Å²) in [6.45, 7) is 0.397. The number of hydrogen-bond acceptors (Lipinski definition) is 3. The van der Waals surface area contributed by atoms with Crippen LogP contribution in [0.3, 0.4) is 0 Å². The van der Waals surface area contributed by atoms with Gasteiger partial charge in [0.2, 0.25) is 0 Å². The van der Waals surface area contributed by atoms with E-state index in [1.165, 1.54) is 0 Å². The van der Waals surface area contributed by atoms with Crippen molar-refractivity contribution in [3.63, 3.8) is 0 Å². The predicted molar refractivity (Wildman–Crippen MR) is 41.3 cm³/mol. The van der Waals surface area contributed by atoms with Crippen LogP contribution in [0.25, 0.3) is 0 Å². The first-order valence-electron chi connectivity index (χ1n) is 3.05. The number of hydrogen-bond donors (Lipinski definition) is 2. The first kappa shape index (κ1) is 10.4. The lowest BCUT2D eigenvalue weighted by Gasteiger charge is -2.21. The summed E-state index contributed by atoms with van der Waals surface area (Å²) in [4.78, 5) is 3.71. The van der Waals surface area contributed by atoms with Crippen LogP contribution >= 0.6 is 12.4 Å².